The third-order valence-electron chi connectivity index (χ3n) is 5.52. The van der Waals surface area contributed by atoms with E-state index in [1.807, 2.05) is 10.9 Å². The second kappa shape index (κ2) is 9.05. The minimum atomic E-state index is -0.733. The van der Waals surface area contributed by atoms with Crippen LogP contribution in [0.5, 0.6) is 0 Å². The minimum absolute atomic E-state index is 0.0718. The molecule has 1 saturated heterocycles. The predicted molar refractivity (Wildman–Crippen MR) is 104 cm³/mol. The maximum Gasteiger partial charge on any atom is 0.319 e. The third-order valence-corrected chi connectivity index (χ3v) is 5.52. The average Bonchev–Trinajstić information content (AvgIpc) is 3.48. The van der Waals surface area contributed by atoms with Gasteiger partial charge in [-0.1, -0.05) is 5.21 Å². The number of rotatable bonds is 7. The van der Waals surface area contributed by atoms with E-state index >= 15 is 0 Å². The van der Waals surface area contributed by atoms with Crippen molar-refractivity contribution < 1.29 is 23.4 Å². The number of aromatic nitrogens is 3. The van der Waals surface area contributed by atoms with Crippen molar-refractivity contribution in [3.8, 4) is 0 Å². The number of hydrogen-bond donors (Lipinski definition) is 3. The highest BCUT2D eigenvalue weighted by Crippen LogP contribution is 2.38. The molecule has 2 amide bonds. The Morgan fingerprint density at radius 1 is 1.27 bits per heavy atom. The van der Waals surface area contributed by atoms with Crippen LogP contribution < -0.4 is 10.6 Å². The molecule has 8 nitrogen and oxygen atoms in total. The molecule has 10 heteroatoms. The van der Waals surface area contributed by atoms with Crippen molar-refractivity contribution in [3.63, 3.8) is 0 Å². The van der Waals surface area contributed by atoms with E-state index in [0.29, 0.717) is 25.3 Å². The number of benzene rings is 1. The van der Waals surface area contributed by atoms with Crippen LogP contribution in [0.4, 0.5) is 19.3 Å². The third kappa shape index (κ3) is 5.11. The molecule has 2 aromatic rings. The van der Waals surface area contributed by atoms with Gasteiger partial charge in [-0.3, -0.25) is 4.68 Å². The van der Waals surface area contributed by atoms with Crippen molar-refractivity contribution >= 4 is 11.7 Å². The summed E-state index contributed by atoms with van der Waals surface area (Å²) in [5.41, 5.74) is 0.791. The molecule has 1 saturated carbocycles. The quantitative estimate of drug-likeness (QED) is 0.638. The van der Waals surface area contributed by atoms with Crippen molar-refractivity contribution in [3.05, 3.63) is 41.7 Å². The Kier molecular flexibility index (Phi) is 6.24. The van der Waals surface area contributed by atoms with E-state index < -0.39 is 29.8 Å². The van der Waals surface area contributed by atoms with Crippen LogP contribution in [-0.2, 0) is 11.3 Å². The first kappa shape index (κ1) is 20.7. The lowest BCUT2D eigenvalue weighted by atomic mass is 9.97. The molecule has 1 aromatic heterocycles. The standard InChI is InChI=1S/C20H25F2N5O3/c21-13-3-5-15(22)17(9-13)24-20(29)23-16-6-4-14(30-19(16)11-28)7-8-27-10-18(25-26-27)12-1-2-12/h3,5,9-10,12,14,16,19,28H,1-2,4,6-8,11H2,(H2,23,24,29)/t14-,16-,19+/m0/s1. The molecule has 0 spiro atoms. The van der Waals surface area contributed by atoms with Gasteiger partial charge in [0, 0.05) is 24.7 Å². The van der Waals surface area contributed by atoms with Crippen LogP contribution in [0.25, 0.3) is 0 Å². The Bertz CT molecular complexity index is 889. The van der Waals surface area contributed by atoms with E-state index in [0.717, 1.165) is 30.3 Å². The highest BCUT2D eigenvalue weighted by molar-refractivity contribution is 5.89. The molecule has 3 atom stereocenters. The molecule has 0 unspecified atom stereocenters. The summed E-state index contributed by atoms with van der Waals surface area (Å²) in [6.07, 6.45) is 5.69. The SMILES string of the molecule is O=C(Nc1cc(F)ccc1F)N[C@H]1CC[C@@H](CCn2cc(C3CC3)nn2)O[C@@H]1CO. The molecule has 162 valence electrons. The second-order valence-electron chi connectivity index (χ2n) is 7.86. The number of halogens is 2. The number of nitrogens with zero attached hydrogens (tertiary/aromatic N) is 3. The van der Waals surface area contributed by atoms with E-state index in [1.54, 1.807) is 0 Å². The van der Waals surface area contributed by atoms with Crippen molar-refractivity contribution in [2.45, 2.75) is 62.8 Å². The Hall–Kier alpha value is -2.59. The molecule has 1 aliphatic heterocycles. The lowest BCUT2D eigenvalue weighted by Gasteiger charge is -2.36. The molecular formula is C20H25F2N5O3. The lowest BCUT2D eigenvalue weighted by Crippen LogP contribution is -2.52. The average molecular weight is 421 g/mol. The highest BCUT2D eigenvalue weighted by atomic mass is 19.1. The van der Waals surface area contributed by atoms with Crippen LogP contribution in [0, 0.1) is 11.6 Å². The first-order chi connectivity index (χ1) is 14.5. The normalized spacial score (nSPS) is 23.9. The highest BCUT2D eigenvalue weighted by Gasteiger charge is 2.32. The van der Waals surface area contributed by atoms with Gasteiger partial charge in [0.1, 0.15) is 17.7 Å². The second-order valence-corrected chi connectivity index (χ2v) is 7.86. The maximum atomic E-state index is 13.7. The van der Waals surface area contributed by atoms with Gasteiger partial charge in [0.2, 0.25) is 0 Å². The number of ether oxygens (including phenoxy) is 1. The number of amides is 2. The number of aliphatic hydroxyl groups excluding tert-OH is 1. The molecule has 2 aliphatic rings. The first-order valence-electron chi connectivity index (χ1n) is 10.2. The Labute approximate surface area is 172 Å². The number of aliphatic hydroxyl groups is 1. The number of hydrogen-bond acceptors (Lipinski definition) is 5. The van der Waals surface area contributed by atoms with Crippen LogP contribution in [0.15, 0.2) is 24.4 Å². The van der Waals surface area contributed by atoms with Gasteiger partial charge in [-0.25, -0.2) is 13.6 Å². The van der Waals surface area contributed by atoms with Crippen LogP contribution in [0.1, 0.15) is 43.7 Å². The molecule has 0 bridgehead atoms. The number of nitrogens with one attached hydrogen (secondary N) is 2. The first-order valence-corrected chi connectivity index (χ1v) is 10.2. The van der Waals surface area contributed by atoms with Crippen LogP contribution in [0.3, 0.4) is 0 Å². The zero-order chi connectivity index (χ0) is 21.1. The van der Waals surface area contributed by atoms with Crippen LogP contribution in [-0.4, -0.2) is 51.0 Å². The summed E-state index contributed by atoms with van der Waals surface area (Å²) in [7, 11) is 0. The number of carbonyl (C=O) groups excluding carboxylic acids is 1. The summed E-state index contributed by atoms with van der Waals surface area (Å²) in [6, 6.07) is 1.71. The van der Waals surface area contributed by atoms with E-state index in [1.165, 1.54) is 12.8 Å². The summed E-state index contributed by atoms with van der Waals surface area (Å²) < 4.78 is 34.7. The zero-order valence-corrected chi connectivity index (χ0v) is 16.4. The van der Waals surface area contributed by atoms with Crippen molar-refractivity contribution in [1.82, 2.24) is 20.3 Å². The summed E-state index contributed by atoms with van der Waals surface area (Å²) in [5.74, 6) is -0.828. The zero-order valence-electron chi connectivity index (χ0n) is 16.4. The molecule has 1 aliphatic carbocycles. The Balaban J connectivity index is 1.26. The molecule has 0 radical (unpaired) electrons. The summed E-state index contributed by atoms with van der Waals surface area (Å²) in [4.78, 5) is 12.2. The van der Waals surface area contributed by atoms with E-state index in [-0.39, 0.29) is 18.4 Å². The molecule has 3 N–H and O–H groups in total. The van der Waals surface area contributed by atoms with E-state index in [2.05, 4.69) is 20.9 Å². The molecule has 4 rings (SSSR count). The van der Waals surface area contributed by atoms with Gasteiger partial charge in [0.05, 0.1) is 30.1 Å². The molecule has 2 fully saturated rings. The fourth-order valence-corrected chi connectivity index (χ4v) is 3.69. The summed E-state index contributed by atoms with van der Waals surface area (Å²) in [5, 5.41) is 23.0. The van der Waals surface area contributed by atoms with Crippen molar-refractivity contribution in [2.75, 3.05) is 11.9 Å². The van der Waals surface area contributed by atoms with Gasteiger partial charge in [-0.05, 0) is 44.2 Å². The number of aryl methyl sites for hydroxylation is 1. The fraction of sp³-hybridized carbons (Fsp3) is 0.550. The Morgan fingerprint density at radius 3 is 2.87 bits per heavy atom. The smallest absolute Gasteiger partial charge is 0.319 e. The number of anilines is 1. The van der Waals surface area contributed by atoms with E-state index in [9.17, 15) is 18.7 Å². The van der Waals surface area contributed by atoms with Crippen molar-refractivity contribution in [2.24, 2.45) is 0 Å². The van der Waals surface area contributed by atoms with Crippen molar-refractivity contribution in [1.29, 1.82) is 0 Å². The van der Waals surface area contributed by atoms with Gasteiger partial charge in [-0.15, -0.1) is 5.10 Å². The van der Waals surface area contributed by atoms with Gasteiger partial charge in [0.25, 0.3) is 0 Å². The molecular weight excluding hydrogens is 396 g/mol. The summed E-state index contributed by atoms with van der Waals surface area (Å²) >= 11 is 0. The van der Waals surface area contributed by atoms with Gasteiger partial charge in [-0.2, -0.15) is 0 Å². The predicted octanol–water partition coefficient (Wildman–Crippen LogP) is 2.55. The fourth-order valence-electron chi connectivity index (χ4n) is 3.69. The molecule has 2 heterocycles. The minimum Gasteiger partial charge on any atom is -0.394 e. The number of urea groups is 1. The van der Waals surface area contributed by atoms with Gasteiger partial charge < -0.3 is 20.5 Å². The Morgan fingerprint density at radius 2 is 2.10 bits per heavy atom. The maximum absolute atomic E-state index is 13.7. The van der Waals surface area contributed by atoms with E-state index in [4.69, 9.17) is 4.74 Å². The molecule has 30 heavy (non-hydrogen) atoms. The topological polar surface area (TPSA) is 101 Å². The van der Waals surface area contributed by atoms with Crippen LogP contribution in [0.2, 0.25) is 0 Å². The van der Waals surface area contributed by atoms with Gasteiger partial charge in [0.15, 0.2) is 0 Å². The monoisotopic (exact) mass is 421 g/mol. The largest absolute Gasteiger partial charge is 0.394 e. The summed E-state index contributed by atoms with van der Waals surface area (Å²) in [6.45, 7) is 0.408. The van der Waals surface area contributed by atoms with Gasteiger partial charge >= 0.3 is 6.03 Å². The lowest BCUT2D eigenvalue weighted by molar-refractivity contribution is -0.0905. The molecule has 1 aromatic carbocycles. The number of carbonyl (C=O) groups is 1. The van der Waals surface area contributed by atoms with Crippen LogP contribution >= 0.6 is 0 Å².